The molecule has 4 aromatic rings. The van der Waals surface area contributed by atoms with Crippen LogP contribution in [0.5, 0.6) is 0 Å². The van der Waals surface area contributed by atoms with E-state index in [0.29, 0.717) is 21.1 Å². The van der Waals surface area contributed by atoms with Crippen LogP contribution in [0.4, 0.5) is 0 Å². The average Bonchev–Trinajstić information content (AvgIpc) is 3.07. The maximum atomic E-state index is 12.4. The van der Waals surface area contributed by atoms with E-state index in [2.05, 4.69) is 43.4 Å². The number of halogens is 2. The van der Waals surface area contributed by atoms with Gasteiger partial charge in [-0.15, -0.1) is 0 Å². The van der Waals surface area contributed by atoms with Gasteiger partial charge < -0.3 is 9.67 Å². The lowest BCUT2D eigenvalue weighted by Crippen LogP contribution is -2.06. The molecule has 0 radical (unpaired) electrons. The second-order valence-corrected chi connectivity index (χ2v) is 9.56. The van der Waals surface area contributed by atoms with Crippen molar-refractivity contribution in [1.82, 2.24) is 9.55 Å². The second kappa shape index (κ2) is 10.0. The summed E-state index contributed by atoms with van der Waals surface area (Å²) in [5.74, 6) is 0.0343. The molecular weight excluding hydrogens is 548 g/mol. The smallest absolute Gasteiger partial charge is 0.336 e. The van der Waals surface area contributed by atoms with Crippen LogP contribution >= 0.6 is 31.9 Å². The predicted octanol–water partition coefficient (Wildman–Crippen LogP) is 6.68. The van der Waals surface area contributed by atoms with Crippen molar-refractivity contribution in [3.05, 3.63) is 96.8 Å². The van der Waals surface area contributed by atoms with Gasteiger partial charge in [0.2, 0.25) is 5.43 Å². The zero-order chi connectivity index (χ0) is 23.5. The standard InChI is InChI=1S/C26H22Br2N2O3/c1-2-3-8-24-29-22-13-20(27)25(31)21(28)14-23(22)30(24)15-16-9-11-17(12-10-16)18-6-4-5-7-19(18)26(32)33/h4-7,9-14H,2-3,8,15H2,1H3,(H,32,33). The fraction of sp³-hybridized carbons (Fsp3) is 0.192. The van der Waals surface area contributed by atoms with Gasteiger partial charge in [0, 0.05) is 13.0 Å². The number of rotatable bonds is 7. The van der Waals surface area contributed by atoms with Crippen LogP contribution in [-0.2, 0) is 13.0 Å². The van der Waals surface area contributed by atoms with E-state index >= 15 is 0 Å². The first kappa shape index (κ1) is 23.4. The van der Waals surface area contributed by atoms with Crippen LogP contribution < -0.4 is 5.43 Å². The molecule has 0 aliphatic rings. The zero-order valence-electron chi connectivity index (χ0n) is 18.0. The first-order valence-electron chi connectivity index (χ1n) is 10.7. The lowest BCUT2D eigenvalue weighted by atomic mass is 9.99. The normalized spacial score (nSPS) is 11.1. The monoisotopic (exact) mass is 568 g/mol. The zero-order valence-corrected chi connectivity index (χ0v) is 21.2. The molecule has 1 heterocycles. The highest BCUT2D eigenvalue weighted by Gasteiger charge is 2.14. The maximum absolute atomic E-state index is 12.4. The highest BCUT2D eigenvalue weighted by molar-refractivity contribution is 9.11. The van der Waals surface area contributed by atoms with Crippen LogP contribution in [0.1, 0.15) is 41.5 Å². The van der Waals surface area contributed by atoms with Gasteiger partial charge in [-0.2, -0.15) is 0 Å². The molecule has 0 aliphatic carbocycles. The van der Waals surface area contributed by atoms with E-state index in [-0.39, 0.29) is 11.0 Å². The summed E-state index contributed by atoms with van der Waals surface area (Å²) in [6, 6.07) is 18.5. The number of imidazole rings is 1. The van der Waals surface area contributed by atoms with E-state index in [1.54, 1.807) is 18.2 Å². The number of hydrogen-bond acceptors (Lipinski definition) is 3. The highest BCUT2D eigenvalue weighted by atomic mass is 79.9. The van der Waals surface area contributed by atoms with Gasteiger partial charge in [-0.3, -0.25) is 4.79 Å². The molecule has 0 fully saturated rings. The Morgan fingerprint density at radius 1 is 1.03 bits per heavy atom. The number of carboxylic acids is 1. The first-order valence-corrected chi connectivity index (χ1v) is 12.3. The molecule has 0 unspecified atom stereocenters. The molecule has 3 aromatic carbocycles. The molecular formula is C26H22Br2N2O3. The Balaban J connectivity index is 1.75. The van der Waals surface area contributed by atoms with Gasteiger partial charge in [0.05, 0.1) is 25.5 Å². The van der Waals surface area contributed by atoms with Crippen molar-refractivity contribution >= 4 is 48.9 Å². The number of aromatic nitrogens is 2. The fourth-order valence-corrected chi connectivity index (χ4v) is 5.00. The number of fused-ring (bicyclic) bond motifs is 1. The molecule has 0 aliphatic heterocycles. The third-order valence-electron chi connectivity index (χ3n) is 5.59. The number of hydrogen-bond donors (Lipinski definition) is 1. The Hall–Kier alpha value is -2.77. The molecule has 4 rings (SSSR count). The lowest BCUT2D eigenvalue weighted by Gasteiger charge is -2.11. The van der Waals surface area contributed by atoms with E-state index in [9.17, 15) is 14.7 Å². The molecule has 0 spiro atoms. The summed E-state index contributed by atoms with van der Waals surface area (Å²) in [5, 5.41) is 9.50. The quantitative estimate of drug-likeness (QED) is 0.269. The van der Waals surface area contributed by atoms with Gasteiger partial charge in [-0.25, -0.2) is 9.78 Å². The summed E-state index contributed by atoms with van der Waals surface area (Å²) >= 11 is 6.76. The van der Waals surface area contributed by atoms with Crippen molar-refractivity contribution in [2.45, 2.75) is 32.7 Å². The Kier molecular flexibility index (Phi) is 7.10. The minimum atomic E-state index is -0.942. The molecule has 0 amide bonds. The van der Waals surface area contributed by atoms with Crippen LogP contribution in [0.15, 0.2) is 74.4 Å². The average molecular weight is 570 g/mol. The van der Waals surface area contributed by atoms with Gasteiger partial charge in [-0.05, 0) is 73.2 Å². The Labute approximate surface area is 208 Å². The summed E-state index contributed by atoms with van der Waals surface area (Å²) in [5.41, 5.74) is 4.43. The highest BCUT2D eigenvalue weighted by Crippen LogP contribution is 2.26. The summed E-state index contributed by atoms with van der Waals surface area (Å²) < 4.78 is 3.10. The maximum Gasteiger partial charge on any atom is 0.336 e. The van der Waals surface area contributed by atoms with Crippen LogP contribution in [0.2, 0.25) is 0 Å². The predicted molar refractivity (Wildman–Crippen MR) is 138 cm³/mol. The largest absolute Gasteiger partial charge is 0.478 e. The summed E-state index contributed by atoms with van der Waals surface area (Å²) in [6.07, 6.45) is 2.93. The van der Waals surface area contributed by atoms with E-state index in [1.807, 2.05) is 42.5 Å². The number of aromatic carboxylic acids is 1. The number of nitrogens with zero attached hydrogens (tertiary/aromatic N) is 2. The van der Waals surface area contributed by atoms with E-state index in [4.69, 9.17) is 4.98 Å². The van der Waals surface area contributed by atoms with Crippen LogP contribution in [0.3, 0.4) is 0 Å². The summed E-state index contributed by atoms with van der Waals surface area (Å²) in [7, 11) is 0. The van der Waals surface area contributed by atoms with Gasteiger partial charge in [0.1, 0.15) is 5.82 Å². The number of benzene rings is 2. The number of aryl methyl sites for hydroxylation is 1. The summed E-state index contributed by atoms with van der Waals surface area (Å²) in [4.78, 5) is 28.8. The van der Waals surface area contributed by atoms with E-state index < -0.39 is 5.97 Å². The lowest BCUT2D eigenvalue weighted by molar-refractivity contribution is 0.0697. The topological polar surface area (TPSA) is 72.2 Å². The molecule has 168 valence electrons. The Bertz CT molecular complexity index is 1400. The minimum Gasteiger partial charge on any atom is -0.478 e. The SMILES string of the molecule is CCCCc1nc2cc(Br)c(=O)c(Br)cc2n1Cc1ccc(-c2ccccc2C(=O)O)cc1. The third-order valence-corrected chi connectivity index (χ3v) is 6.77. The van der Waals surface area contributed by atoms with Crippen LogP contribution in [-0.4, -0.2) is 20.6 Å². The van der Waals surface area contributed by atoms with Crippen molar-refractivity contribution in [1.29, 1.82) is 0 Å². The number of carboxylic acid groups (broad SMARTS) is 1. The molecule has 1 aromatic heterocycles. The van der Waals surface area contributed by atoms with Crippen molar-refractivity contribution in [2.75, 3.05) is 0 Å². The van der Waals surface area contributed by atoms with Gasteiger partial charge in [0.25, 0.3) is 0 Å². The molecule has 0 saturated heterocycles. The van der Waals surface area contributed by atoms with Crippen molar-refractivity contribution in [3.63, 3.8) is 0 Å². The van der Waals surface area contributed by atoms with Gasteiger partial charge in [0.15, 0.2) is 0 Å². The van der Waals surface area contributed by atoms with Gasteiger partial charge >= 0.3 is 5.97 Å². The molecule has 7 heteroatoms. The van der Waals surface area contributed by atoms with Crippen LogP contribution in [0.25, 0.3) is 22.2 Å². The van der Waals surface area contributed by atoms with Gasteiger partial charge in [-0.1, -0.05) is 55.8 Å². The third kappa shape index (κ3) is 4.94. The first-order chi connectivity index (χ1) is 15.9. The van der Waals surface area contributed by atoms with Crippen molar-refractivity contribution in [2.24, 2.45) is 0 Å². The molecule has 0 saturated carbocycles. The summed E-state index contributed by atoms with van der Waals surface area (Å²) in [6.45, 7) is 2.75. The second-order valence-electron chi connectivity index (χ2n) is 7.85. The number of carbonyl (C=O) groups is 1. The number of unbranched alkanes of at least 4 members (excludes halogenated alkanes) is 1. The molecule has 0 atom stereocenters. The molecule has 0 bridgehead atoms. The van der Waals surface area contributed by atoms with Crippen molar-refractivity contribution in [3.8, 4) is 11.1 Å². The van der Waals surface area contributed by atoms with E-state index in [0.717, 1.165) is 47.2 Å². The Morgan fingerprint density at radius 2 is 1.73 bits per heavy atom. The fourth-order valence-electron chi connectivity index (χ4n) is 3.87. The minimum absolute atomic E-state index is 0.115. The van der Waals surface area contributed by atoms with Crippen molar-refractivity contribution < 1.29 is 9.90 Å². The molecule has 1 N–H and O–H groups in total. The Morgan fingerprint density at radius 3 is 2.42 bits per heavy atom. The molecule has 33 heavy (non-hydrogen) atoms. The van der Waals surface area contributed by atoms with E-state index in [1.165, 1.54) is 0 Å². The van der Waals surface area contributed by atoms with Crippen LogP contribution in [0, 0.1) is 0 Å². The molecule has 5 nitrogen and oxygen atoms in total.